The van der Waals surface area contributed by atoms with Crippen LogP contribution in [0.2, 0.25) is 0 Å². The van der Waals surface area contributed by atoms with Crippen LogP contribution in [0.25, 0.3) is 0 Å². The van der Waals surface area contributed by atoms with Crippen molar-refractivity contribution in [1.29, 1.82) is 0 Å². The van der Waals surface area contributed by atoms with Gasteiger partial charge in [-0.1, -0.05) is 51.8 Å². The lowest BCUT2D eigenvalue weighted by molar-refractivity contribution is 0.228. The third-order valence-corrected chi connectivity index (χ3v) is 1.13. The first kappa shape index (κ1) is 14.4. The van der Waals surface area contributed by atoms with E-state index in [1.54, 1.807) is 13.2 Å². The van der Waals surface area contributed by atoms with Gasteiger partial charge in [0.15, 0.2) is 0 Å². The van der Waals surface area contributed by atoms with Gasteiger partial charge in [0.05, 0.1) is 6.61 Å². The zero-order valence-electron chi connectivity index (χ0n) is 8.97. The quantitative estimate of drug-likeness (QED) is 0.588. The van der Waals surface area contributed by atoms with Crippen LogP contribution in [0.3, 0.4) is 0 Å². The molecular formula is C12H20O. The van der Waals surface area contributed by atoms with Gasteiger partial charge in [0.25, 0.3) is 0 Å². The number of hydrogen-bond donors (Lipinski definition) is 0. The fraction of sp³-hybridized carbons (Fsp3) is 0.333. The van der Waals surface area contributed by atoms with E-state index in [0.29, 0.717) is 6.61 Å². The van der Waals surface area contributed by atoms with Crippen LogP contribution in [0.1, 0.15) is 13.8 Å². The molecule has 1 nitrogen and oxygen atoms in total. The zero-order chi connectivity index (χ0) is 10.7. The van der Waals surface area contributed by atoms with E-state index in [4.69, 9.17) is 4.74 Å². The van der Waals surface area contributed by atoms with Crippen molar-refractivity contribution in [3.8, 4) is 0 Å². The second-order valence-corrected chi connectivity index (χ2v) is 2.20. The third-order valence-electron chi connectivity index (χ3n) is 1.13. The Bertz CT molecular complexity index is 187. The molecule has 0 radical (unpaired) electrons. The fourth-order valence-corrected chi connectivity index (χ4v) is 0.526. The van der Waals surface area contributed by atoms with Gasteiger partial charge in [-0.3, -0.25) is 0 Å². The molecule has 74 valence electrons. The zero-order valence-corrected chi connectivity index (χ0v) is 8.97. The second-order valence-electron chi connectivity index (χ2n) is 2.20. The molecule has 0 heterocycles. The minimum atomic E-state index is 0.556. The molecule has 0 aliphatic heterocycles. The molecule has 0 atom stereocenters. The Morgan fingerprint density at radius 2 is 1.77 bits per heavy atom. The molecule has 0 saturated carbocycles. The van der Waals surface area contributed by atoms with Crippen LogP contribution in [0, 0.1) is 0 Å². The van der Waals surface area contributed by atoms with Gasteiger partial charge >= 0.3 is 0 Å². The molecule has 1 heteroatoms. The maximum atomic E-state index is 4.86. The van der Waals surface area contributed by atoms with Gasteiger partial charge in [0.2, 0.25) is 0 Å². The molecule has 0 N–H and O–H groups in total. The van der Waals surface area contributed by atoms with Crippen LogP contribution in [0.4, 0.5) is 0 Å². The average Bonchev–Trinajstić information content (AvgIpc) is 2.18. The van der Waals surface area contributed by atoms with Gasteiger partial charge in [0, 0.05) is 7.11 Å². The van der Waals surface area contributed by atoms with E-state index >= 15 is 0 Å². The number of allylic oxidation sites excluding steroid dienone is 3. The van der Waals surface area contributed by atoms with Crippen LogP contribution in [0.15, 0.2) is 49.1 Å². The predicted octanol–water partition coefficient (Wildman–Crippen LogP) is 3.51. The molecule has 0 unspecified atom stereocenters. The molecule has 0 saturated heterocycles. The van der Waals surface area contributed by atoms with Crippen molar-refractivity contribution in [2.75, 3.05) is 13.7 Å². The van der Waals surface area contributed by atoms with Gasteiger partial charge in [0.1, 0.15) is 0 Å². The third kappa shape index (κ3) is 10.9. The number of hydrogen-bond acceptors (Lipinski definition) is 1. The number of rotatable bonds is 5. The number of methoxy groups -OCH3 is 1. The van der Waals surface area contributed by atoms with Crippen molar-refractivity contribution in [2.24, 2.45) is 0 Å². The highest BCUT2D eigenvalue weighted by atomic mass is 16.5. The summed E-state index contributed by atoms with van der Waals surface area (Å²) in [4.78, 5) is 0. The Labute approximate surface area is 82.1 Å². The minimum absolute atomic E-state index is 0.556. The highest BCUT2D eigenvalue weighted by molar-refractivity contribution is 5.30. The second kappa shape index (κ2) is 10.9. The first-order chi connectivity index (χ1) is 6.20. The van der Waals surface area contributed by atoms with Crippen molar-refractivity contribution < 1.29 is 4.74 Å². The Morgan fingerprint density at radius 1 is 1.23 bits per heavy atom. The van der Waals surface area contributed by atoms with E-state index in [9.17, 15) is 0 Å². The minimum Gasteiger partial charge on any atom is -0.380 e. The van der Waals surface area contributed by atoms with E-state index in [-0.39, 0.29) is 0 Å². The lowest BCUT2D eigenvalue weighted by Crippen LogP contribution is -1.88. The molecule has 0 aliphatic carbocycles. The van der Waals surface area contributed by atoms with Gasteiger partial charge in [-0.05, 0) is 11.1 Å². The van der Waals surface area contributed by atoms with Crippen LogP contribution in [-0.4, -0.2) is 13.7 Å². The van der Waals surface area contributed by atoms with E-state index in [1.165, 1.54) is 0 Å². The molecule has 0 bridgehead atoms. The van der Waals surface area contributed by atoms with Crippen molar-refractivity contribution in [3.05, 3.63) is 49.1 Å². The van der Waals surface area contributed by atoms with Crippen molar-refractivity contribution in [1.82, 2.24) is 0 Å². The van der Waals surface area contributed by atoms with E-state index in [1.807, 2.05) is 26.0 Å². The lowest BCUT2D eigenvalue weighted by atomic mass is 10.2. The monoisotopic (exact) mass is 180 g/mol. The van der Waals surface area contributed by atoms with Crippen LogP contribution >= 0.6 is 0 Å². The molecule has 0 spiro atoms. The van der Waals surface area contributed by atoms with Crippen LogP contribution in [-0.2, 0) is 4.74 Å². The molecule has 0 fully saturated rings. The fourth-order valence-electron chi connectivity index (χ4n) is 0.526. The number of ether oxygens (including phenoxy) is 1. The van der Waals surface area contributed by atoms with Crippen LogP contribution < -0.4 is 0 Å². The highest BCUT2D eigenvalue weighted by Gasteiger charge is 1.84. The maximum absolute atomic E-state index is 4.86. The maximum Gasteiger partial charge on any atom is 0.0707 e. The summed E-state index contributed by atoms with van der Waals surface area (Å²) in [6, 6.07) is 0. The molecule has 0 aliphatic rings. The Kier molecular flexibility index (Phi) is 12.1. The molecule has 0 aromatic heterocycles. The smallest absolute Gasteiger partial charge is 0.0707 e. The lowest BCUT2D eigenvalue weighted by Gasteiger charge is -1.95. The molecule has 0 aromatic carbocycles. The Morgan fingerprint density at radius 3 is 2.15 bits per heavy atom. The van der Waals surface area contributed by atoms with Crippen LogP contribution in [0.5, 0.6) is 0 Å². The highest BCUT2D eigenvalue weighted by Crippen LogP contribution is 1.98. The molecule has 0 rings (SSSR count). The summed E-state index contributed by atoms with van der Waals surface area (Å²) in [7, 11) is 1.64. The Hall–Kier alpha value is -1.08. The van der Waals surface area contributed by atoms with Gasteiger partial charge in [-0.15, -0.1) is 0 Å². The largest absolute Gasteiger partial charge is 0.380 e. The molecule has 0 aromatic rings. The first-order valence-electron chi connectivity index (χ1n) is 4.37. The molecule has 13 heavy (non-hydrogen) atoms. The van der Waals surface area contributed by atoms with E-state index < -0.39 is 0 Å². The summed E-state index contributed by atoms with van der Waals surface area (Å²) in [5, 5.41) is 0. The van der Waals surface area contributed by atoms with Gasteiger partial charge < -0.3 is 4.74 Å². The SMILES string of the molecule is C=CC(=C)/C=C\C(=C)COC.CC. The van der Waals surface area contributed by atoms with Crippen molar-refractivity contribution >= 4 is 0 Å². The predicted molar refractivity (Wildman–Crippen MR) is 60.8 cm³/mol. The van der Waals surface area contributed by atoms with Crippen molar-refractivity contribution in [3.63, 3.8) is 0 Å². The molecule has 0 amide bonds. The summed E-state index contributed by atoms with van der Waals surface area (Å²) < 4.78 is 4.86. The summed E-state index contributed by atoms with van der Waals surface area (Å²) in [5.41, 5.74) is 1.80. The van der Waals surface area contributed by atoms with Gasteiger partial charge in [-0.2, -0.15) is 0 Å². The van der Waals surface area contributed by atoms with E-state index in [2.05, 4.69) is 19.7 Å². The topological polar surface area (TPSA) is 9.23 Å². The summed E-state index contributed by atoms with van der Waals surface area (Å²) in [5.74, 6) is 0. The average molecular weight is 180 g/mol. The van der Waals surface area contributed by atoms with Gasteiger partial charge in [-0.25, -0.2) is 0 Å². The summed E-state index contributed by atoms with van der Waals surface area (Å²) in [6.07, 6.45) is 5.42. The normalized spacial score (nSPS) is 8.85. The molecular weight excluding hydrogens is 160 g/mol. The first-order valence-corrected chi connectivity index (χ1v) is 4.37. The summed E-state index contributed by atoms with van der Waals surface area (Å²) in [6.45, 7) is 15.6. The van der Waals surface area contributed by atoms with E-state index in [0.717, 1.165) is 11.1 Å². The Balaban J connectivity index is 0. The van der Waals surface area contributed by atoms with Crippen molar-refractivity contribution in [2.45, 2.75) is 13.8 Å². The summed E-state index contributed by atoms with van der Waals surface area (Å²) >= 11 is 0. The standard InChI is InChI=1S/C10H14O.C2H6/c1-5-9(2)6-7-10(3)8-11-4;1-2/h5-7H,1-3,8H2,4H3;1-2H3/b7-6-;.